The first-order valence-corrected chi connectivity index (χ1v) is 41.1. The maximum atomic E-state index is 14.2. The van der Waals surface area contributed by atoms with Gasteiger partial charge in [-0.2, -0.15) is 0 Å². The van der Waals surface area contributed by atoms with Crippen LogP contribution in [0.4, 0.5) is 0 Å². The van der Waals surface area contributed by atoms with E-state index in [0.29, 0.717) is 6.42 Å². The Morgan fingerprint density at radius 2 is 0.525 bits per heavy atom. The largest absolute Gasteiger partial charge is 0.454 e. The number of carbonyl (C=O) groups is 1. The maximum Gasteiger partial charge on any atom is 0.303 e. The lowest BCUT2D eigenvalue weighted by atomic mass is 9.96. The first-order valence-electron chi connectivity index (χ1n) is 41.1. The number of carbonyl (C=O) groups excluding carboxylic acids is 1. The standard InChI is InChI=1S/C97H105N3O20/c1-69(101)114-93-89(111-63-78-49-28-10-29-50-78)85(107-59-74-41-20-6-21-42-74)81(66-103-56-71-35-14-3-15-36-71)117-97(93)120-92-88(110-62-77-47-26-9-27-48-77)84(106-58-73-39-18-5-19-40-73)80(65-102-55-70-33-12-2-13-34-70)116-95(92)113-68-83-86(108-60-75-43-22-7-23-44-75)90(112-64-79-51-30-11-31-52-79)96(118-83)119-91-87(109-61-76-45-24-8-25-46-76)82(67-104-57-72-37-16-4-17-38-72)115-94(91)105-54-32-53-99-100-98/h2-31,33-52,80-97H,32,53-68H2,1H3/t80-,81-,82-,83-,84-,85-,86-,87-,88+,89+,90+,91+,92+,93+,94+,95+,96-,97-/m1/s1. The molecule has 23 nitrogen and oxygen atoms in total. The number of azide groups is 1. The minimum Gasteiger partial charge on any atom is -0.454 e. The summed E-state index contributed by atoms with van der Waals surface area (Å²) in [5.41, 5.74) is 18.2. The molecule has 10 aromatic carbocycles. The summed E-state index contributed by atoms with van der Waals surface area (Å²) in [6.45, 7) is 2.83. The van der Waals surface area contributed by atoms with Crippen LogP contribution in [0.3, 0.4) is 0 Å². The lowest BCUT2D eigenvalue weighted by molar-refractivity contribution is -0.381. The van der Waals surface area contributed by atoms with Crippen molar-refractivity contribution in [3.63, 3.8) is 0 Å². The van der Waals surface area contributed by atoms with E-state index >= 15 is 0 Å². The topological polar surface area (TPSA) is 241 Å². The first-order chi connectivity index (χ1) is 59.3. The van der Waals surface area contributed by atoms with Gasteiger partial charge in [-0.15, -0.1) is 0 Å². The molecule has 0 radical (unpaired) electrons. The summed E-state index contributed by atoms with van der Waals surface area (Å²) in [5, 5.41) is 3.79. The van der Waals surface area contributed by atoms with Crippen molar-refractivity contribution in [3.05, 3.63) is 369 Å². The van der Waals surface area contributed by atoms with Gasteiger partial charge in [0.05, 0.1) is 92.5 Å². The number of nitrogens with zero attached hydrogens (tertiary/aromatic N) is 3. The van der Waals surface area contributed by atoms with E-state index in [1.807, 2.05) is 303 Å². The number of hydrogen-bond acceptors (Lipinski definition) is 21. The highest BCUT2D eigenvalue weighted by atomic mass is 16.8. The zero-order valence-electron chi connectivity index (χ0n) is 67.3. The molecule has 4 fully saturated rings. The minimum absolute atomic E-state index is 0.0309. The molecule has 0 bridgehead atoms. The molecule has 23 heteroatoms. The minimum atomic E-state index is -1.51. The molecule has 4 aliphatic rings. The van der Waals surface area contributed by atoms with Crippen molar-refractivity contribution in [2.75, 3.05) is 39.6 Å². The lowest BCUT2D eigenvalue weighted by Gasteiger charge is -2.50. The molecule has 0 spiro atoms. The van der Waals surface area contributed by atoms with Crippen LogP contribution in [0.15, 0.2) is 308 Å². The third kappa shape index (κ3) is 25.9. The van der Waals surface area contributed by atoms with Gasteiger partial charge in [0.25, 0.3) is 0 Å². The molecule has 4 heterocycles. The quantitative estimate of drug-likeness (QED) is 0.0113. The molecule has 0 aliphatic carbocycles. The van der Waals surface area contributed by atoms with Gasteiger partial charge in [-0.05, 0) is 67.6 Å². The Balaban J connectivity index is 0.867. The Labute approximate surface area is 701 Å². The highest BCUT2D eigenvalue weighted by Gasteiger charge is 2.58. The number of hydrogen-bond donors (Lipinski definition) is 0. The summed E-state index contributed by atoms with van der Waals surface area (Å²) in [6.07, 6.45) is -19.4. The molecule has 120 heavy (non-hydrogen) atoms. The average molecular weight is 1630 g/mol. The third-order valence-electron chi connectivity index (χ3n) is 21.0. The highest BCUT2D eigenvalue weighted by molar-refractivity contribution is 5.66. The SMILES string of the molecule is CC(=O)O[C@@H]1[C@@H](O[C@@H]2[C@@H](OC[C@H]3O[C@H](O[C@@H]4[C@@H](OCCCN=[N+]=[N-])O[C@H](COCc5ccccc5)[C@H]4OCc4ccccc4)[C@@H](OCc4ccccc4)[C@@H]3OCc3ccccc3)O[C@H](COCc3ccccc3)[C@@H](OCc3ccccc3)[C@@H]2OCc2ccccc2)O[C@H](COCc2ccccc2)[C@@H](OCc2ccccc2)[C@@H]1OCc1ccccc1. The molecule has 0 amide bonds. The summed E-state index contributed by atoms with van der Waals surface area (Å²) in [6, 6.07) is 98.2. The van der Waals surface area contributed by atoms with E-state index in [2.05, 4.69) is 10.0 Å². The van der Waals surface area contributed by atoms with E-state index in [0.717, 1.165) is 55.6 Å². The van der Waals surface area contributed by atoms with Gasteiger partial charge in [0.2, 0.25) is 0 Å². The van der Waals surface area contributed by atoms with E-state index < -0.39 is 117 Å². The maximum absolute atomic E-state index is 14.2. The average Bonchev–Trinajstić information content (AvgIpc) is 1.05. The molecule has 14 rings (SSSR count). The molecular weight excluding hydrogens is 1530 g/mol. The second-order valence-corrected chi connectivity index (χ2v) is 29.8. The van der Waals surface area contributed by atoms with E-state index in [9.17, 15) is 10.3 Å². The fraction of sp³-hybridized carbons (Fsp3) is 0.371. The number of benzene rings is 10. The lowest BCUT2D eigenvalue weighted by Crippen LogP contribution is -2.66. The van der Waals surface area contributed by atoms with Crippen LogP contribution in [0.2, 0.25) is 0 Å². The van der Waals surface area contributed by atoms with Crippen molar-refractivity contribution < 1.29 is 94.8 Å². The third-order valence-corrected chi connectivity index (χ3v) is 21.0. The van der Waals surface area contributed by atoms with Crippen molar-refractivity contribution in [2.24, 2.45) is 5.11 Å². The van der Waals surface area contributed by atoms with Crippen LogP contribution >= 0.6 is 0 Å². The monoisotopic (exact) mass is 1630 g/mol. The summed E-state index contributed by atoms with van der Waals surface area (Å²) >= 11 is 0. The zero-order valence-corrected chi connectivity index (χ0v) is 67.3. The summed E-state index contributed by atoms with van der Waals surface area (Å²) in [4.78, 5) is 17.1. The van der Waals surface area contributed by atoms with Crippen LogP contribution in [0.1, 0.15) is 69.0 Å². The van der Waals surface area contributed by atoms with Gasteiger partial charge in [-0.25, -0.2) is 0 Å². The molecule has 4 aliphatic heterocycles. The van der Waals surface area contributed by atoms with Gasteiger partial charge in [0, 0.05) is 25.0 Å². The van der Waals surface area contributed by atoms with Crippen molar-refractivity contribution in [3.8, 4) is 0 Å². The summed E-state index contributed by atoms with van der Waals surface area (Å²) in [7, 11) is 0. The Kier molecular flexibility index (Phi) is 33.9. The molecule has 0 aromatic heterocycles. The molecule has 0 saturated carbocycles. The Bertz CT molecular complexity index is 4570. The fourth-order valence-corrected chi connectivity index (χ4v) is 15.0. The van der Waals surface area contributed by atoms with Gasteiger partial charge in [0.15, 0.2) is 31.3 Å². The molecular formula is C97H105N3O20. The van der Waals surface area contributed by atoms with Gasteiger partial charge in [-0.3, -0.25) is 4.79 Å². The summed E-state index contributed by atoms with van der Waals surface area (Å²) < 4.78 is 135. The van der Waals surface area contributed by atoms with Crippen LogP contribution in [-0.4, -0.2) is 156 Å². The van der Waals surface area contributed by atoms with Crippen LogP contribution in [0.5, 0.6) is 0 Å². The van der Waals surface area contributed by atoms with Crippen LogP contribution in [0, 0.1) is 0 Å². The molecule has 0 unspecified atom stereocenters. The van der Waals surface area contributed by atoms with Gasteiger partial charge < -0.3 is 90.0 Å². The normalized spacial score (nSPS) is 25.3. The molecule has 18 atom stereocenters. The highest BCUT2D eigenvalue weighted by Crippen LogP contribution is 2.41. The van der Waals surface area contributed by atoms with Crippen molar-refractivity contribution in [1.29, 1.82) is 0 Å². The zero-order chi connectivity index (χ0) is 82.0. The Hall–Kier alpha value is -9.74. The number of esters is 1. The van der Waals surface area contributed by atoms with E-state index in [1.165, 1.54) is 6.92 Å². The van der Waals surface area contributed by atoms with Crippen LogP contribution in [-0.2, 0) is 161 Å². The predicted octanol–water partition coefficient (Wildman–Crippen LogP) is 16.1. The molecule has 628 valence electrons. The van der Waals surface area contributed by atoms with E-state index in [1.54, 1.807) is 0 Å². The van der Waals surface area contributed by atoms with Gasteiger partial charge >= 0.3 is 5.97 Å². The number of rotatable bonds is 46. The second-order valence-electron chi connectivity index (χ2n) is 29.8. The van der Waals surface area contributed by atoms with E-state index in [-0.39, 0.29) is 106 Å². The second kappa shape index (κ2) is 46.9. The van der Waals surface area contributed by atoms with Gasteiger partial charge in [-0.1, -0.05) is 308 Å². The van der Waals surface area contributed by atoms with Crippen molar-refractivity contribution >= 4 is 5.97 Å². The first kappa shape index (κ1) is 86.6. The van der Waals surface area contributed by atoms with Crippen LogP contribution in [0.25, 0.3) is 10.4 Å². The van der Waals surface area contributed by atoms with Crippen molar-refractivity contribution in [1.82, 2.24) is 0 Å². The molecule has 0 N–H and O–H groups in total. The van der Waals surface area contributed by atoms with Crippen LogP contribution < -0.4 is 0 Å². The summed E-state index contributed by atoms with van der Waals surface area (Å²) in [5.74, 6) is -0.649. The Morgan fingerprint density at radius 1 is 0.283 bits per heavy atom. The predicted molar refractivity (Wildman–Crippen MR) is 444 cm³/mol. The van der Waals surface area contributed by atoms with Crippen molar-refractivity contribution in [2.45, 2.75) is 190 Å². The molecule has 10 aromatic rings. The fourth-order valence-electron chi connectivity index (χ4n) is 15.0. The Morgan fingerprint density at radius 3 is 0.842 bits per heavy atom. The smallest absolute Gasteiger partial charge is 0.303 e. The molecule has 4 saturated heterocycles. The number of ether oxygens (including phenoxy) is 19. The van der Waals surface area contributed by atoms with E-state index in [4.69, 9.17) is 90.0 Å². The van der Waals surface area contributed by atoms with Gasteiger partial charge in [0.1, 0.15) is 79.4 Å².